The normalized spacial score (nSPS) is 12.5. The molecule has 2 rings (SSSR count). The Morgan fingerprint density at radius 3 is 2.32 bits per heavy atom. The summed E-state index contributed by atoms with van der Waals surface area (Å²) in [6.45, 7) is 3.46. The van der Waals surface area contributed by atoms with Gasteiger partial charge in [0.05, 0.1) is 10.5 Å². The maximum absolute atomic E-state index is 12.3. The van der Waals surface area contributed by atoms with Crippen LogP contribution in [0.1, 0.15) is 29.8 Å². The SMILES string of the molecule is CCc1ccc(C(=O)O[C@H](C)C(=O)Nc2cccc(S(=O)(=O)N(C)C)c2)cc1. The standard InChI is InChI=1S/C20H24N2O5S/c1-5-15-9-11-16(12-10-15)20(24)27-14(2)19(23)21-17-7-6-8-18(13-17)28(25,26)22(3)4/h6-14H,5H2,1-4H3,(H,21,23)/t14-/m1/s1. The molecule has 2 aromatic rings. The van der Waals surface area contributed by atoms with Crippen molar-refractivity contribution in [3.8, 4) is 0 Å². The average Bonchev–Trinajstić information content (AvgIpc) is 2.68. The van der Waals surface area contributed by atoms with Gasteiger partial charge in [0, 0.05) is 19.8 Å². The first-order chi connectivity index (χ1) is 13.1. The minimum atomic E-state index is -3.62. The fraction of sp³-hybridized carbons (Fsp3) is 0.300. The number of aryl methyl sites for hydroxylation is 1. The number of carbonyl (C=O) groups is 2. The van der Waals surface area contributed by atoms with Crippen LogP contribution in [-0.4, -0.2) is 44.8 Å². The smallest absolute Gasteiger partial charge is 0.338 e. The van der Waals surface area contributed by atoms with E-state index in [1.54, 1.807) is 18.2 Å². The van der Waals surface area contributed by atoms with Gasteiger partial charge in [-0.1, -0.05) is 25.1 Å². The number of amides is 1. The lowest BCUT2D eigenvalue weighted by Gasteiger charge is -2.15. The van der Waals surface area contributed by atoms with Crippen molar-refractivity contribution >= 4 is 27.6 Å². The van der Waals surface area contributed by atoms with Crippen LogP contribution >= 0.6 is 0 Å². The molecule has 0 heterocycles. The van der Waals surface area contributed by atoms with Crippen molar-refractivity contribution in [3.05, 3.63) is 59.7 Å². The lowest BCUT2D eigenvalue weighted by Crippen LogP contribution is -2.30. The van der Waals surface area contributed by atoms with Gasteiger partial charge in [-0.25, -0.2) is 17.5 Å². The van der Waals surface area contributed by atoms with Gasteiger partial charge in [0.2, 0.25) is 10.0 Å². The lowest BCUT2D eigenvalue weighted by atomic mass is 10.1. The largest absolute Gasteiger partial charge is 0.449 e. The zero-order chi connectivity index (χ0) is 20.9. The molecule has 0 saturated heterocycles. The molecule has 0 fully saturated rings. The number of hydrogen-bond acceptors (Lipinski definition) is 5. The number of esters is 1. The van der Waals surface area contributed by atoms with Gasteiger partial charge in [0.1, 0.15) is 0 Å². The molecule has 1 amide bonds. The molecule has 0 aliphatic heterocycles. The quantitative estimate of drug-likeness (QED) is 0.716. The van der Waals surface area contributed by atoms with E-state index < -0.39 is 28.0 Å². The van der Waals surface area contributed by atoms with Gasteiger partial charge in [0.25, 0.3) is 5.91 Å². The van der Waals surface area contributed by atoms with Crippen LogP contribution in [-0.2, 0) is 26.0 Å². The minimum absolute atomic E-state index is 0.0518. The van der Waals surface area contributed by atoms with Crippen molar-refractivity contribution in [1.29, 1.82) is 0 Å². The van der Waals surface area contributed by atoms with Gasteiger partial charge in [-0.2, -0.15) is 0 Å². The monoisotopic (exact) mass is 404 g/mol. The molecule has 0 radical (unpaired) electrons. The predicted molar refractivity (Wildman–Crippen MR) is 107 cm³/mol. The molecule has 7 nitrogen and oxygen atoms in total. The fourth-order valence-electron chi connectivity index (χ4n) is 2.35. The molecule has 0 bridgehead atoms. The van der Waals surface area contributed by atoms with E-state index in [4.69, 9.17) is 4.74 Å². The third-order valence-corrected chi connectivity index (χ3v) is 5.94. The Bertz CT molecular complexity index is 953. The molecule has 0 unspecified atom stereocenters. The summed E-state index contributed by atoms with van der Waals surface area (Å²) in [4.78, 5) is 24.6. The van der Waals surface area contributed by atoms with E-state index in [0.717, 1.165) is 16.3 Å². The number of hydrogen-bond donors (Lipinski definition) is 1. The Morgan fingerprint density at radius 1 is 1.11 bits per heavy atom. The minimum Gasteiger partial charge on any atom is -0.449 e. The molecule has 0 aliphatic carbocycles. The van der Waals surface area contributed by atoms with Gasteiger partial charge in [-0.05, 0) is 49.2 Å². The van der Waals surface area contributed by atoms with Gasteiger partial charge in [-0.3, -0.25) is 4.79 Å². The van der Waals surface area contributed by atoms with Crippen LogP contribution in [0.4, 0.5) is 5.69 Å². The molecule has 2 aromatic carbocycles. The van der Waals surface area contributed by atoms with E-state index in [-0.39, 0.29) is 4.90 Å². The molecule has 0 saturated carbocycles. The molecular formula is C20H24N2O5S. The number of carbonyl (C=O) groups excluding carboxylic acids is 2. The first kappa shape index (κ1) is 21.6. The van der Waals surface area contributed by atoms with Crippen molar-refractivity contribution in [1.82, 2.24) is 4.31 Å². The average molecular weight is 404 g/mol. The third-order valence-electron chi connectivity index (χ3n) is 4.13. The van der Waals surface area contributed by atoms with Crippen molar-refractivity contribution in [2.24, 2.45) is 0 Å². The summed E-state index contributed by atoms with van der Waals surface area (Å²) < 4.78 is 30.7. The van der Waals surface area contributed by atoms with E-state index in [1.165, 1.54) is 39.2 Å². The van der Waals surface area contributed by atoms with E-state index in [1.807, 2.05) is 19.1 Å². The number of nitrogens with zero attached hydrogens (tertiary/aromatic N) is 1. The van der Waals surface area contributed by atoms with Crippen LogP contribution in [0.3, 0.4) is 0 Å². The fourth-order valence-corrected chi connectivity index (χ4v) is 3.30. The Hall–Kier alpha value is -2.71. The Morgan fingerprint density at radius 2 is 1.75 bits per heavy atom. The lowest BCUT2D eigenvalue weighted by molar-refractivity contribution is -0.123. The number of sulfonamides is 1. The van der Waals surface area contributed by atoms with Crippen molar-refractivity contribution in [2.75, 3.05) is 19.4 Å². The van der Waals surface area contributed by atoms with Crippen molar-refractivity contribution < 1.29 is 22.7 Å². The zero-order valence-corrected chi connectivity index (χ0v) is 17.1. The molecule has 0 aromatic heterocycles. The summed E-state index contributed by atoms with van der Waals surface area (Å²) in [5.41, 5.74) is 1.74. The van der Waals surface area contributed by atoms with Crippen LogP contribution in [0.15, 0.2) is 53.4 Å². The Balaban J connectivity index is 2.05. The molecule has 8 heteroatoms. The highest BCUT2D eigenvalue weighted by Gasteiger charge is 2.21. The molecule has 28 heavy (non-hydrogen) atoms. The number of ether oxygens (including phenoxy) is 1. The zero-order valence-electron chi connectivity index (χ0n) is 16.3. The van der Waals surface area contributed by atoms with E-state index in [2.05, 4.69) is 5.32 Å². The van der Waals surface area contributed by atoms with Gasteiger partial charge >= 0.3 is 5.97 Å². The van der Waals surface area contributed by atoms with E-state index >= 15 is 0 Å². The second-order valence-corrected chi connectivity index (χ2v) is 8.55. The number of anilines is 1. The Kier molecular flexibility index (Phi) is 6.93. The highest BCUT2D eigenvalue weighted by atomic mass is 32.2. The molecule has 1 atom stereocenters. The van der Waals surface area contributed by atoms with Crippen molar-refractivity contribution in [3.63, 3.8) is 0 Å². The van der Waals surface area contributed by atoms with E-state index in [0.29, 0.717) is 11.3 Å². The highest BCUT2D eigenvalue weighted by Crippen LogP contribution is 2.18. The molecule has 1 N–H and O–H groups in total. The summed E-state index contributed by atoms with van der Waals surface area (Å²) in [7, 11) is -0.768. The van der Waals surface area contributed by atoms with Gasteiger partial charge in [0.15, 0.2) is 6.10 Å². The first-order valence-electron chi connectivity index (χ1n) is 8.78. The van der Waals surface area contributed by atoms with Crippen LogP contribution < -0.4 is 5.32 Å². The number of nitrogens with one attached hydrogen (secondary N) is 1. The van der Waals surface area contributed by atoms with Crippen LogP contribution in [0.2, 0.25) is 0 Å². The summed E-state index contributed by atoms with van der Waals surface area (Å²) in [6, 6.07) is 12.8. The highest BCUT2D eigenvalue weighted by molar-refractivity contribution is 7.89. The number of rotatable bonds is 7. The second-order valence-electron chi connectivity index (χ2n) is 6.40. The summed E-state index contributed by atoms with van der Waals surface area (Å²) in [6.07, 6.45) is -0.191. The third kappa shape index (κ3) is 5.17. The maximum Gasteiger partial charge on any atom is 0.338 e. The first-order valence-corrected chi connectivity index (χ1v) is 10.2. The van der Waals surface area contributed by atoms with Gasteiger partial charge < -0.3 is 10.1 Å². The topological polar surface area (TPSA) is 92.8 Å². The van der Waals surface area contributed by atoms with Crippen LogP contribution in [0.5, 0.6) is 0 Å². The second kappa shape index (κ2) is 8.99. The summed E-state index contributed by atoms with van der Waals surface area (Å²) >= 11 is 0. The summed E-state index contributed by atoms with van der Waals surface area (Å²) in [5, 5.41) is 2.57. The molecular weight excluding hydrogens is 380 g/mol. The number of benzene rings is 2. The van der Waals surface area contributed by atoms with Crippen molar-refractivity contribution in [2.45, 2.75) is 31.3 Å². The van der Waals surface area contributed by atoms with Crippen LogP contribution in [0, 0.1) is 0 Å². The van der Waals surface area contributed by atoms with E-state index in [9.17, 15) is 18.0 Å². The molecule has 0 spiro atoms. The van der Waals surface area contributed by atoms with Crippen LogP contribution in [0.25, 0.3) is 0 Å². The molecule has 150 valence electrons. The summed E-state index contributed by atoms with van der Waals surface area (Å²) in [5.74, 6) is -1.16. The van der Waals surface area contributed by atoms with Gasteiger partial charge in [-0.15, -0.1) is 0 Å². The Labute approximate surface area is 165 Å². The maximum atomic E-state index is 12.3. The predicted octanol–water partition coefficient (Wildman–Crippen LogP) is 2.68. The molecule has 0 aliphatic rings.